The summed E-state index contributed by atoms with van der Waals surface area (Å²) in [7, 11) is 1.92. The summed E-state index contributed by atoms with van der Waals surface area (Å²) in [4.78, 5) is 1.97. The van der Waals surface area contributed by atoms with Gasteiger partial charge in [-0.1, -0.05) is 35.9 Å². The SMILES string of the molecule is CC(N)Cc1ccc(N(C)Cc2ccccc2F)cc1Cl. The molecule has 1 unspecified atom stereocenters. The first-order valence-corrected chi connectivity index (χ1v) is 7.33. The molecular weight excluding hydrogens is 287 g/mol. The summed E-state index contributed by atoms with van der Waals surface area (Å²) in [6.07, 6.45) is 0.746. The minimum absolute atomic E-state index is 0.0736. The van der Waals surface area contributed by atoms with E-state index in [9.17, 15) is 4.39 Å². The Bertz CT molecular complexity index is 613. The molecule has 0 bridgehead atoms. The van der Waals surface area contributed by atoms with Gasteiger partial charge in [0.15, 0.2) is 0 Å². The third kappa shape index (κ3) is 4.19. The van der Waals surface area contributed by atoms with Crippen LogP contribution in [0, 0.1) is 5.82 Å². The maximum absolute atomic E-state index is 13.7. The summed E-state index contributed by atoms with van der Waals surface area (Å²) in [5.74, 6) is -0.191. The second-order valence-electron chi connectivity index (χ2n) is 5.40. The van der Waals surface area contributed by atoms with Gasteiger partial charge in [-0.2, -0.15) is 0 Å². The molecule has 2 aromatic carbocycles. The largest absolute Gasteiger partial charge is 0.370 e. The number of nitrogens with zero attached hydrogens (tertiary/aromatic N) is 1. The molecular formula is C17H20ClFN2. The van der Waals surface area contributed by atoms with E-state index in [0.29, 0.717) is 17.1 Å². The predicted octanol–water partition coefficient (Wildman–Crippen LogP) is 4.01. The molecule has 4 heteroatoms. The Morgan fingerprint density at radius 1 is 1.19 bits per heavy atom. The normalized spacial score (nSPS) is 12.2. The zero-order valence-corrected chi connectivity index (χ0v) is 13.1. The zero-order valence-electron chi connectivity index (χ0n) is 12.3. The Morgan fingerprint density at radius 3 is 2.52 bits per heavy atom. The van der Waals surface area contributed by atoms with Gasteiger partial charge in [0.25, 0.3) is 0 Å². The van der Waals surface area contributed by atoms with Crippen molar-refractivity contribution in [3.63, 3.8) is 0 Å². The Morgan fingerprint density at radius 2 is 1.90 bits per heavy atom. The lowest BCUT2D eigenvalue weighted by Gasteiger charge is -2.21. The summed E-state index contributed by atoms with van der Waals surface area (Å²) in [5.41, 5.74) is 8.45. The number of nitrogens with two attached hydrogens (primary N) is 1. The molecule has 0 fully saturated rings. The number of anilines is 1. The molecule has 2 nitrogen and oxygen atoms in total. The van der Waals surface area contributed by atoms with Crippen LogP contribution in [0.15, 0.2) is 42.5 Å². The topological polar surface area (TPSA) is 29.3 Å². The lowest BCUT2D eigenvalue weighted by atomic mass is 10.1. The van der Waals surface area contributed by atoms with E-state index >= 15 is 0 Å². The van der Waals surface area contributed by atoms with Crippen molar-refractivity contribution in [1.29, 1.82) is 0 Å². The molecule has 0 amide bonds. The Kier molecular flexibility index (Phi) is 5.21. The second-order valence-corrected chi connectivity index (χ2v) is 5.81. The zero-order chi connectivity index (χ0) is 15.4. The molecule has 0 radical (unpaired) electrons. The van der Waals surface area contributed by atoms with E-state index in [-0.39, 0.29) is 11.9 Å². The first-order valence-electron chi connectivity index (χ1n) is 6.96. The van der Waals surface area contributed by atoms with E-state index in [0.717, 1.165) is 17.7 Å². The van der Waals surface area contributed by atoms with Gasteiger partial charge in [-0.3, -0.25) is 0 Å². The van der Waals surface area contributed by atoms with E-state index in [2.05, 4.69) is 0 Å². The van der Waals surface area contributed by atoms with Gasteiger partial charge in [0.05, 0.1) is 0 Å². The molecule has 2 aromatic rings. The standard InChI is InChI=1S/C17H20ClFN2/c1-12(20)9-13-7-8-15(10-16(13)18)21(2)11-14-5-3-4-6-17(14)19/h3-8,10,12H,9,11,20H2,1-2H3. The van der Waals surface area contributed by atoms with Crippen LogP contribution in [0.1, 0.15) is 18.1 Å². The average Bonchev–Trinajstić information content (AvgIpc) is 2.43. The van der Waals surface area contributed by atoms with Crippen LogP contribution in [0.4, 0.5) is 10.1 Å². The van der Waals surface area contributed by atoms with Crippen molar-refractivity contribution in [3.05, 3.63) is 64.4 Å². The highest BCUT2D eigenvalue weighted by atomic mass is 35.5. The van der Waals surface area contributed by atoms with Crippen LogP contribution in [0.25, 0.3) is 0 Å². The third-order valence-electron chi connectivity index (χ3n) is 3.38. The molecule has 0 heterocycles. The minimum Gasteiger partial charge on any atom is -0.370 e. The smallest absolute Gasteiger partial charge is 0.128 e. The van der Waals surface area contributed by atoms with Gasteiger partial charge in [-0.05, 0) is 37.1 Å². The van der Waals surface area contributed by atoms with Crippen LogP contribution in [0.5, 0.6) is 0 Å². The van der Waals surface area contributed by atoms with Crippen LogP contribution >= 0.6 is 11.6 Å². The molecule has 2 rings (SSSR count). The van der Waals surface area contributed by atoms with Crippen molar-refractivity contribution in [2.75, 3.05) is 11.9 Å². The molecule has 0 saturated heterocycles. The highest BCUT2D eigenvalue weighted by Gasteiger charge is 2.09. The molecule has 0 spiro atoms. The first kappa shape index (κ1) is 15.8. The van der Waals surface area contributed by atoms with Gasteiger partial charge in [-0.25, -0.2) is 4.39 Å². The lowest BCUT2D eigenvalue weighted by molar-refractivity contribution is 0.608. The third-order valence-corrected chi connectivity index (χ3v) is 3.74. The van der Waals surface area contributed by atoms with Crippen molar-refractivity contribution in [3.8, 4) is 0 Å². The molecule has 0 aliphatic carbocycles. The number of hydrogen-bond donors (Lipinski definition) is 1. The lowest BCUT2D eigenvalue weighted by Crippen LogP contribution is -2.19. The summed E-state index contributed by atoms with van der Waals surface area (Å²) >= 11 is 6.30. The van der Waals surface area contributed by atoms with E-state index in [4.69, 9.17) is 17.3 Å². The summed E-state index contributed by atoms with van der Waals surface area (Å²) in [6.45, 7) is 2.45. The minimum atomic E-state index is -0.191. The maximum atomic E-state index is 13.7. The summed E-state index contributed by atoms with van der Waals surface area (Å²) < 4.78 is 13.7. The second kappa shape index (κ2) is 6.92. The fourth-order valence-electron chi connectivity index (χ4n) is 2.26. The molecule has 0 saturated carbocycles. The summed E-state index contributed by atoms with van der Waals surface area (Å²) in [6, 6.07) is 12.7. The van der Waals surface area contributed by atoms with E-state index < -0.39 is 0 Å². The number of halogens is 2. The van der Waals surface area contributed by atoms with Crippen LogP contribution < -0.4 is 10.6 Å². The Balaban J connectivity index is 2.14. The van der Waals surface area contributed by atoms with Crippen molar-refractivity contribution in [2.24, 2.45) is 5.73 Å². The van der Waals surface area contributed by atoms with E-state index in [1.807, 2.05) is 43.1 Å². The molecule has 2 N–H and O–H groups in total. The van der Waals surface area contributed by atoms with E-state index in [1.54, 1.807) is 12.1 Å². The molecule has 21 heavy (non-hydrogen) atoms. The summed E-state index contributed by atoms with van der Waals surface area (Å²) in [5, 5.41) is 0.699. The molecule has 0 aromatic heterocycles. The number of rotatable bonds is 5. The highest BCUT2D eigenvalue weighted by Crippen LogP contribution is 2.25. The molecule has 0 aliphatic rings. The Hall–Kier alpha value is -1.58. The fourth-order valence-corrected chi connectivity index (χ4v) is 2.51. The van der Waals surface area contributed by atoms with Crippen molar-refractivity contribution in [2.45, 2.75) is 25.9 Å². The van der Waals surface area contributed by atoms with Crippen LogP contribution in [0.3, 0.4) is 0 Å². The van der Waals surface area contributed by atoms with Crippen LogP contribution in [-0.2, 0) is 13.0 Å². The van der Waals surface area contributed by atoms with Crippen molar-refractivity contribution < 1.29 is 4.39 Å². The molecule has 0 aliphatic heterocycles. The quantitative estimate of drug-likeness (QED) is 0.904. The molecule has 1 atom stereocenters. The maximum Gasteiger partial charge on any atom is 0.128 e. The first-order chi connectivity index (χ1) is 9.97. The Labute approximate surface area is 130 Å². The van der Waals surface area contributed by atoms with Crippen LogP contribution in [0.2, 0.25) is 5.02 Å². The predicted molar refractivity (Wildman–Crippen MR) is 87.3 cm³/mol. The van der Waals surface area contributed by atoms with E-state index in [1.165, 1.54) is 6.07 Å². The monoisotopic (exact) mass is 306 g/mol. The van der Waals surface area contributed by atoms with Gasteiger partial charge >= 0.3 is 0 Å². The average molecular weight is 307 g/mol. The molecule has 112 valence electrons. The fraction of sp³-hybridized carbons (Fsp3) is 0.294. The van der Waals surface area contributed by atoms with Gasteiger partial charge in [0.1, 0.15) is 5.82 Å². The number of hydrogen-bond acceptors (Lipinski definition) is 2. The highest BCUT2D eigenvalue weighted by molar-refractivity contribution is 6.31. The van der Waals surface area contributed by atoms with Gasteiger partial charge in [-0.15, -0.1) is 0 Å². The van der Waals surface area contributed by atoms with Crippen LogP contribution in [-0.4, -0.2) is 13.1 Å². The van der Waals surface area contributed by atoms with Gasteiger partial charge in [0.2, 0.25) is 0 Å². The van der Waals surface area contributed by atoms with Crippen molar-refractivity contribution in [1.82, 2.24) is 0 Å². The van der Waals surface area contributed by atoms with Gasteiger partial charge in [0, 0.05) is 35.9 Å². The van der Waals surface area contributed by atoms with Crippen molar-refractivity contribution >= 4 is 17.3 Å². The van der Waals surface area contributed by atoms with Gasteiger partial charge < -0.3 is 10.6 Å². The number of benzene rings is 2.